The van der Waals surface area contributed by atoms with Crippen LogP contribution in [0.5, 0.6) is 5.75 Å². The number of hydrogen-bond donors (Lipinski definition) is 0. The molecule has 2 aromatic carbocycles. The molecule has 34 heavy (non-hydrogen) atoms. The summed E-state index contributed by atoms with van der Waals surface area (Å²) in [6.07, 6.45) is -0.931. The number of methoxy groups -OCH3 is 1. The average molecular weight is 477 g/mol. The number of fused-ring (bicyclic) bond motifs is 1. The third kappa shape index (κ3) is 5.09. The van der Waals surface area contributed by atoms with E-state index in [0.29, 0.717) is 33.6 Å². The molecule has 9 heteroatoms. The number of ketones is 1. The minimum absolute atomic E-state index is 0.282. The van der Waals surface area contributed by atoms with E-state index in [0.717, 1.165) is 17.0 Å². The summed E-state index contributed by atoms with van der Waals surface area (Å²) in [5, 5.41) is 5.06. The van der Waals surface area contributed by atoms with E-state index in [-0.39, 0.29) is 5.78 Å². The topological polar surface area (TPSA) is 95.7 Å². The van der Waals surface area contributed by atoms with Gasteiger partial charge in [0.25, 0.3) is 5.78 Å². The highest BCUT2D eigenvalue weighted by molar-refractivity contribution is 7.98. The van der Waals surface area contributed by atoms with Gasteiger partial charge in [-0.2, -0.15) is 4.98 Å². The normalized spacial score (nSPS) is 11.9. The number of esters is 1. The number of Topliss-reactive ketones (excluding diaryl/α,β-unsaturated/α-hetero) is 1. The van der Waals surface area contributed by atoms with Crippen LogP contribution in [0.1, 0.15) is 44.6 Å². The molecule has 8 nitrogen and oxygen atoms in total. The summed E-state index contributed by atoms with van der Waals surface area (Å²) >= 11 is 1.40. The Labute approximate surface area is 201 Å². The van der Waals surface area contributed by atoms with Gasteiger partial charge in [0.05, 0.1) is 12.7 Å². The molecule has 1 atom stereocenters. The van der Waals surface area contributed by atoms with E-state index in [1.165, 1.54) is 11.8 Å². The number of aromatic nitrogens is 4. The van der Waals surface area contributed by atoms with E-state index in [2.05, 4.69) is 15.1 Å². The smallest absolute Gasteiger partial charge is 0.339 e. The number of carbonyl (C=O) groups excluding carboxylic acids is 2. The molecule has 0 N–H and O–H groups in total. The molecule has 0 amide bonds. The van der Waals surface area contributed by atoms with Crippen LogP contribution in [0.25, 0.3) is 5.78 Å². The average Bonchev–Trinajstić information content (AvgIpc) is 3.25. The summed E-state index contributed by atoms with van der Waals surface area (Å²) in [6, 6.07) is 15.8. The van der Waals surface area contributed by atoms with Gasteiger partial charge in [0, 0.05) is 22.7 Å². The summed E-state index contributed by atoms with van der Waals surface area (Å²) in [4.78, 5) is 34.5. The first-order valence-corrected chi connectivity index (χ1v) is 11.6. The van der Waals surface area contributed by atoms with Crippen molar-refractivity contribution in [2.75, 3.05) is 7.11 Å². The van der Waals surface area contributed by atoms with Crippen LogP contribution in [0.15, 0.2) is 59.8 Å². The first-order chi connectivity index (χ1) is 16.4. The highest BCUT2D eigenvalue weighted by atomic mass is 32.2. The van der Waals surface area contributed by atoms with Gasteiger partial charge in [-0.1, -0.05) is 30.0 Å². The molecule has 174 valence electrons. The Morgan fingerprint density at radius 3 is 2.53 bits per heavy atom. The Morgan fingerprint density at radius 2 is 1.79 bits per heavy atom. The molecular weight excluding hydrogens is 452 g/mol. The molecule has 4 aromatic rings. The van der Waals surface area contributed by atoms with Crippen molar-refractivity contribution in [1.82, 2.24) is 19.6 Å². The van der Waals surface area contributed by atoms with E-state index in [9.17, 15) is 9.59 Å². The fraction of sp³-hybridized carbons (Fsp3) is 0.240. The second-order valence-corrected chi connectivity index (χ2v) is 8.67. The van der Waals surface area contributed by atoms with Crippen LogP contribution in [-0.4, -0.2) is 44.5 Å². The minimum Gasteiger partial charge on any atom is -0.497 e. The third-order valence-corrected chi connectivity index (χ3v) is 6.11. The highest BCUT2D eigenvalue weighted by Crippen LogP contribution is 2.24. The zero-order valence-electron chi connectivity index (χ0n) is 19.3. The Balaban J connectivity index is 1.45. The molecular formula is C25H24N4O4S. The van der Waals surface area contributed by atoms with Crippen LogP contribution in [-0.2, 0) is 10.5 Å². The summed E-state index contributed by atoms with van der Waals surface area (Å²) < 4.78 is 12.3. The number of thioether (sulfide) groups is 1. The van der Waals surface area contributed by atoms with Crippen molar-refractivity contribution >= 4 is 29.3 Å². The van der Waals surface area contributed by atoms with E-state index in [1.807, 2.05) is 32.0 Å². The first kappa shape index (κ1) is 23.4. The van der Waals surface area contributed by atoms with Gasteiger partial charge in [-0.3, -0.25) is 4.79 Å². The lowest BCUT2D eigenvalue weighted by atomic mass is 10.1. The second kappa shape index (κ2) is 10.0. The summed E-state index contributed by atoms with van der Waals surface area (Å²) in [7, 11) is 1.56. The van der Waals surface area contributed by atoms with Crippen molar-refractivity contribution in [2.45, 2.75) is 37.8 Å². The summed E-state index contributed by atoms with van der Waals surface area (Å²) in [5.41, 5.74) is 3.43. The molecule has 2 heterocycles. The molecule has 0 saturated carbocycles. The van der Waals surface area contributed by atoms with Crippen molar-refractivity contribution in [3.05, 3.63) is 82.7 Å². The summed E-state index contributed by atoms with van der Waals surface area (Å²) in [5.74, 6) is 0.810. The number of benzene rings is 2. The molecule has 0 spiro atoms. The number of aryl methyl sites for hydroxylation is 2. The van der Waals surface area contributed by atoms with E-state index in [1.54, 1.807) is 54.9 Å². The predicted molar refractivity (Wildman–Crippen MR) is 128 cm³/mol. The SMILES string of the molecule is COc1ccc(C(=O)C(C)OC(=O)c2ccccc2CSc2nc3nc(C)cc(C)n3n2)cc1. The largest absolute Gasteiger partial charge is 0.497 e. The van der Waals surface area contributed by atoms with Crippen molar-refractivity contribution in [2.24, 2.45) is 0 Å². The van der Waals surface area contributed by atoms with Crippen molar-refractivity contribution in [3.8, 4) is 5.75 Å². The molecule has 1 unspecified atom stereocenters. The molecule has 0 aliphatic rings. The number of hydrogen-bond acceptors (Lipinski definition) is 8. The number of rotatable bonds is 8. The molecule has 0 radical (unpaired) electrons. The quantitative estimate of drug-likeness (QED) is 0.209. The Bertz CT molecular complexity index is 1350. The summed E-state index contributed by atoms with van der Waals surface area (Å²) in [6.45, 7) is 5.43. The van der Waals surface area contributed by atoms with Gasteiger partial charge < -0.3 is 9.47 Å². The van der Waals surface area contributed by atoms with Gasteiger partial charge in [-0.05, 0) is 62.7 Å². The standard InChI is InChI=1S/C25H24N4O4S/c1-15-13-16(2)29-24(26-15)27-25(28-29)34-14-19-7-5-6-8-21(19)23(31)33-17(3)22(30)18-9-11-20(32-4)12-10-18/h5-13,17H,14H2,1-4H3. The molecule has 4 rings (SSSR count). The lowest BCUT2D eigenvalue weighted by Gasteiger charge is -2.14. The van der Waals surface area contributed by atoms with Gasteiger partial charge in [-0.15, -0.1) is 5.10 Å². The lowest BCUT2D eigenvalue weighted by Crippen LogP contribution is -2.25. The molecule has 0 aliphatic carbocycles. The number of nitrogens with zero attached hydrogens (tertiary/aromatic N) is 4. The Kier molecular flexibility index (Phi) is 6.93. The van der Waals surface area contributed by atoms with Crippen LogP contribution < -0.4 is 4.74 Å². The minimum atomic E-state index is -0.931. The van der Waals surface area contributed by atoms with Gasteiger partial charge in [0.1, 0.15) is 5.75 Å². The van der Waals surface area contributed by atoms with Crippen LogP contribution in [0.3, 0.4) is 0 Å². The van der Waals surface area contributed by atoms with Gasteiger partial charge in [-0.25, -0.2) is 14.3 Å². The molecule has 0 aliphatic heterocycles. The molecule has 0 bridgehead atoms. The second-order valence-electron chi connectivity index (χ2n) is 7.73. The highest BCUT2D eigenvalue weighted by Gasteiger charge is 2.22. The fourth-order valence-electron chi connectivity index (χ4n) is 3.46. The van der Waals surface area contributed by atoms with E-state index in [4.69, 9.17) is 9.47 Å². The molecule has 2 aromatic heterocycles. The maximum absolute atomic E-state index is 12.9. The monoisotopic (exact) mass is 476 g/mol. The Hall–Kier alpha value is -3.72. The van der Waals surface area contributed by atoms with E-state index >= 15 is 0 Å². The van der Waals surface area contributed by atoms with Crippen molar-refractivity contribution in [1.29, 1.82) is 0 Å². The fourth-order valence-corrected chi connectivity index (χ4v) is 4.29. The maximum atomic E-state index is 12.9. The van der Waals surface area contributed by atoms with Crippen LogP contribution in [0.2, 0.25) is 0 Å². The van der Waals surface area contributed by atoms with Gasteiger partial charge in [0.2, 0.25) is 10.9 Å². The number of carbonyl (C=O) groups is 2. The van der Waals surface area contributed by atoms with Gasteiger partial charge >= 0.3 is 5.97 Å². The van der Waals surface area contributed by atoms with E-state index < -0.39 is 12.1 Å². The van der Waals surface area contributed by atoms with Crippen LogP contribution >= 0.6 is 11.8 Å². The molecule has 0 saturated heterocycles. The van der Waals surface area contributed by atoms with Crippen LogP contribution in [0.4, 0.5) is 0 Å². The first-order valence-electron chi connectivity index (χ1n) is 10.7. The van der Waals surface area contributed by atoms with Crippen molar-refractivity contribution < 1.29 is 19.1 Å². The zero-order chi connectivity index (χ0) is 24.2. The van der Waals surface area contributed by atoms with Crippen molar-refractivity contribution in [3.63, 3.8) is 0 Å². The Morgan fingerprint density at radius 1 is 1.06 bits per heavy atom. The van der Waals surface area contributed by atoms with Crippen LogP contribution in [0, 0.1) is 13.8 Å². The van der Waals surface area contributed by atoms with Gasteiger partial charge in [0.15, 0.2) is 6.10 Å². The third-order valence-electron chi connectivity index (χ3n) is 5.22. The molecule has 0 fully saturated rings. The number of ether oxygens (including phenoxy) is 2. The lowest BCUT2D eigenvalue weighted by molar-refractivity contribution is 0.0318. The maximum Gasteiger partial charge on any atom is 0.339 e. The zero-order valence-corrected chi connectivity index (χ0v) is 20.1. The predicted octanol–water partition coefficient (Wildman–Crippen LogP) is 4.47.